The fourth-order valence-electron chi connectivity index (χ4n) is 3.25. The van der Waals surface area contributed by atoms with E-state index < -0.39 is 0 Å². The standard InChI is InChI=1S/C24H22FN3O2S/c1-16-6-5-7-17(2)23(16)30-14-18-12-21(31-15-18)24(29)26-22-10-11-28(27-22)13-19-8-3-4-9-20(19)25/h3-12,15H,13-14H2,1-2H3,(H,26,27,29). The molecule has 0 aliphatic heterocycles. The summed E-state index contributed by atoms with van der Waals surface area (Å²) in [6, 6.07) is 16.1. The number of nitrogens with one attached hydrogen (secondary N) is 1. The van der Waals surface area contributed by atoms with Crippen LogP contribution in [0.25, 0.3) is 0 Å². The predicted octanol–water partition coefficient (Wildman–Crippen LogP) is 5.58. The number of hydrogen-bond acceptors (Lipinski definition) is 4. The lowest BCUT2D eigenvalue weighted by Gasteiger charge is -2.10. The molecule has 0 saturated heterocycles. The molecule has 4 aromatic rings. The van der Waals surface area contributed by atoms with E-state index in [-0.39, 0.29) is 11.7 Å². The van der Waals surface area contributed by atoms with Gasteiger partial charge in [0, 0.05) is 23.4 Å². The van der Waals surface area contributed by atoms with E-state index in [1.54, 1.807) is 35.1 Å². The summed E-state index contributed by atoms with van der Waals surface area (Å²) in [5.74, 6) is 0.778. The minimum absolute atomic E-state index is 0.237. The average molecular weight is 436 g/mol. The lowest BCUT2D eigenvalue weighted by atomic mass is 10.1. The van der Waals surface area contributed by atoms with Crippen molar-refractivity contribution in [2.45, 2.75) is 27.0 Å². The number of halogens is 1. The van der Waals surface area contributed by atoms with Gasteiger partial charge in [-0.3, -0.25) is 9.48 Å². The number of aryl methyl sites for hydroxylation is 2. The molecule has 4 rings (SSSR count). The van der Waals surface area contributed by atoms with E-state index in [1.165, 1.54) is 17.4 Å². The molecule has 0 aliphatic rings. The van der Waals surface area contributed by atoms with Gasteiger partial charge in [0.1, 0.15) is 18.2 Å². The summed E-state index contributed by atoms with van der Waals surface area (Å²) in [6.07, 6.45) is 1.71. The van der Waals surface area contributed by atoms with E-state index in [2.05, 4.69) is 10.4 Å². The van der Waals surface area contributed by atoms with Crippen molar-refractivity contribution in [3.8, 4) is 5.75 Å². The van der Waals surface area contributed by atoms with Gasteiger partial charge in [-0.15, -0.1) is 11.3 Å². The minimum atomic E-state index is -0.280. The molecule has 2 aromatic carbocycles. The van der Waals surface area contributed by atoms with Gasteiger partial charge in [-0.2, -0.15) is 5.10 Å². The zero-order valence-electron chi connectivity index (χ0n) is 17.3. The summed E-state index contributed by atoms with van der Waals surface area (Å²) in [6.45, 7) is 4.72. The molecule has 1 amide bonds. The van der Waals surface area contributed by atoms with Crippen molar-refractivity contribution in [3.63, 3.8) is 0 Å². The smallest absolute Gasteiger partial charge is 0.266 e. The molecule has 0 aliphatic carbocycles. The molecule has 2 aromatic heterocycles. The zero-order chi connectivity index (χ0) is 21.8. The number of hydrogen-bond donors (Lipinski definition) is 1. The Morgan fingerprint density at radius 3 is 2.68 bits per heavy atom. The summed E-state index contributed by atoms with van der Waals surface area (Å²) >= 11 is 1.36. The number of thiophene rings is 1. The molecular weight excluding hydrogens is 413 g/mol. The van der Waals surface area contributed by atoms with Gasteiger partial charge in [-0.25, -0.2) is 4.39 Å². The topological polar surface area (TPSA) is 56.1 Å². The predicted molar refractivity (Wildman–Crippen MR) is 120 cm³/mol. The second kappa shape index (κ2) is 9.14. The maximum atomic E-state index is 13.8. The first-order valence-electron chi connectivity index (χ1n) is 9.84. The highest BCUT2D eigenvalue weighted by Gasteiger charge is 2.13. The third kappa shape index (κ3) is 5.00. The number of nitrogens with zero attached hydrogens (tertiary/aromatic N) is 2. The number of carbonyl (C=O) groups is 1. The second-order valence-electron chi connectivity index (χ2n) is 7.27. The monoisotopic (exact) mass is 435 g/mol. The highest BCUT2D eigenvalue weighted by Crippen LogP contribution is 2.25. The fraction of sp³-hybridized carbons (Fsp3) is 0.167. The molecule has 0 saturated carbocycles. The van der Waals surface area contributed by atoms with E-state index in [4.69, 9.17) is 4.74 Å². The van der Waals surface area contributed by atoms with Crippen molar-refractivity contribution in [2.75, 3.05) is 5.32 Å². The van der Waals surface area contributed by atoms with Crippen LogP contribution in [0.3, 0.4) is 0 Å². The van der Waals surface area contributed by atoms with E-state index in [0.29, 0.717) is 29.4 Å². The Morgan fingerprint density at radius 2 is 1.90 bits per heavy atom. The Bertz CT molecular complexity index is 1190. The Labute approximate surface area is 184 Å². The highest BCUT2D eigenvalue weighted by molar-refractivity contribution is 7.12. The van der Waals surface area contributed by atoms with E-state index in [9.17, 15) is 9.18 Å². The summed E-state index contributed by atoms with van der Waals surface area (Å²) in [4.78, 5) is 13.2. The lowest BCUT2D eigenvalue weighted by molar-refractivity contribution is 0.103. The van der Waals surface area contributed by atoms with Crippen LogP contribution >= 0.6 is 11.3 Å². The van der Waals surface area contributed by atoms with Crippen LogP contribution in [0.1, 0.15) is 31.9 Å². The van der Waals surface area contributed by atoms with Crippen molar-refractivity contribution >= 4 is 23.1 Å². The van der Waals surface area contributed by atoms with Crippen molar-refractivity contribution in [1.29, 1.82) is 0 Å². The maximum absolute atomic E-state index is 13.8. The number of aromatic nitrogens is 2. The van der Waals surface area contributed by atoms with Crippen LogP contribution in [0.5, 0.6) is 5.75 Å². The minimum Gasteiger partial charge on any atom is -0.488 e. The summed E-state index contributed by atoms with van der Waals surface area (Å²) in [7, 11) is 0. The number of anilines is 1. The number of ether oxygens (including phenoxy) is 1. The number of amides is 1. The molecule has 0 atom stereocenters. The first-order chi connectivity index (χ1) is 15.0. The molecule has 0 fully saturated rings. The summed E-state index contributed by atoms with van der Waals surface area (Å²) in [5.41, 5.74) is 3.64. The third-order valence-electron chi connectivity index (χ3n) is 4.84. The Balaban J connectivity index is 1.36. The van der Waals surface area contributed by atoms with Crippen LogP contribution in [0.2, 0.25) is 0 Å². The molecule has 7 heteroatoms. The van der Waals surface area contributed by atoms with Gasteiger partial charge < -0.3 is 10.1 Å². The van der Waals surface area contributed by atoms with Crippen LogP contribution in [0.15, 0.2) is 66.2 Å². The van der Waals surface area contributed by atoms with Crippen LogP contribution in [-0.2, 0) is 13.2 Å². The van der Waals surface area contributed by atoms with Crippen molar-refractivity contribution in [1.82, 2.24) is 9.78 Å². The Kier molecular flexibility index (Phi) is 6.13. The maximum Gasteiger partial charge on any atom is 0.266 e. The normalized spacial score (nSPS) is 10.8. The first-order valence-corrected chi connectivity index (χ1v) is 10.7. The number of benzene rings is 2. The number of para-hydroxylation sites is 1. The first kappa shape index (κ1) is 20.8. The molecular formula is C24H22FN3O2S. The molecule has 1 N–H and O–H groups in total. The van der Waals surface area contributed by atoms with Gasteiger partial charge in [0.05, 0.1) is 11.4 Å². The highest BCUT2D eigenvalue weighted by atomic mass is 32.1. The van der Waals surface area contributed by atoms with Crippen LogP contribution in [0, 0.1) is 19.7 Å². The van der Waals surface area contributed by atoms with E-state index in [0.717, 1.165) is 22.4 Å². The quantitative estimate of drug-likeness (QED) is 0.412. The molecule has 2 heterocycles. The molecule has 0 unspecified atom stereocenters. The molecule has 0 bridgehead atoms. The van der Waals surface area contributed by atoms with Gasteiger partial charge in [0.15, 0.2) is 5.82 Å². The van der Waals surface area contributed by atoms with Gasteiger partial charge in [0.25, 0.3) is 5.91 Å². The lowest BCUT2D eigenvalue weighted by Crippen LogP contribution is -2.11. The SMILES string of the molecule is Cc1cccc(C)c1OCc1csc(C(=O)Nc2ccn(Cc3ccccc3F)n2)c1. The van der Waals surface area contributed by atoms with Crippen molar-refractivity contribution in [2.24, 2.45) is 0 Å². The summed E-state index contributed by atoms with van der Waals surface area (Å²) in [5, 5.41) is 9.02. The summed E-state index contributed by atoms with van der Waals surface area (Å²) < 4.78 is 21.4. The number of carbonyl (C=O) groups excluding carboxylic acids is 1. The third-order valence-corrected chi connectivity index (χ3v) is 5.82. The van der Waals surface area contributed by atoms with Crippen LogP contribution in [0.4, 0.5) is 10.2 Å². The number of rotatable bonds is 7. The van der Waals surface area contributed by atoms with Crippen LogP contribution in [-0.4, -0.2) is 15.7 Å². The van der Waals surface area contributed by atoms with Gasteiger partial charge in [-0.1, -0.05) is 36.4 Å². The van der Waals surface area contributed by atoms with E-state index >= 15 is 0 Å². The van der Waals surface area contributed by atoms with Gasteiger partial charge in [0.2, 0.25) is 0 Å². The molecule has 31 heavy (non-hydrogen) atoms. The van der Waals surface area contributed by atoms with Gasteiger partial charge >= 0.3 is 0 Å². The van der Waals surface area contributed by atoms with Crippen LogP contribution < -0.4 is 10.1 Å². The van der Waals surface area contributed by atoms with Crippen molar-refractivity contribution in [3.05, 3.63) is 99.1 Å². The zero-order valence-corrected chi connectivity index (χ0v) is 18.1. The second-order valence-corrected chi connectivity index (χ2v) is 8.18. The largest absolute Gasteiger partial charge is 0.488 e. The Morgan fingerprint density at radius 1 is 1.13 bits per heavy atom. The fourth-order valence-corrected chi connectivity index (χ4v) is 4.04. The molecule has 158 valence electrons. The molecule has 0 spiro atoms. The Hall–Kier alpha value is -3.45. The van der Waals surface area contributed by atoms with E-state index in [1.807, 2.05) is 43.5 Å². The molecule has 5 nitrogen and oxygen atoms in total. The average Bonchev–Trinajstić information content (AvgIpc) is 3.39. The van der Waals surface area contributed by atoms with Crippen molar-refractivity contribution < 1.29 is 13.9 Å². The molecule has 0 radical (unpaired) electrons. The van der Waals surface area contributed by atoms with Gasteiger partial charge in [-0.05, 0) is 42.5 Å².